The third kappa shape index (κ3) is 6.13. The summed E-state index contributed by atoms with van der Waals surface area (Å²) in [6, 6.07) is 24.1. The van der Waals surface area contributed by atoms with Crippen molar-refractivity contribution < 1.29 is 9.21 Å². The molecule has 0 aliphatic rings. The minimum Gasteiger partial charge on any atom is -0.447 e. The average molecular weight is 511 g/mol. The van der Waals surface area contributed by atoms with Gasteiger partial charge in [0.05, 0.1) is 11.4 Å². The number of nitrogens with zero attached hydrogens (tertiary/aromatic N) is 5. The van der Waals surface area contributed by atoms with Crippen molar-refractivity contribution in [2.24, 2.45) is 0 Å². The van der Waals surface area contributed by atoms with Gasteiger partial charge in [-0.25, -0.2) is 4.98 Å². The lowest BCUT2D eigenvalue weighted by Crippen LogP contribution is -2.26. The van der Waals surface area contributed by atoms with Gasteiger partial charge >= 0.3 is 0 Å². The fraction of sp³-hybridized carbons (Fsp3) is 0.179. The predicted octanol–water partition coefficient (Wildman–Crippen LogP) is 4.81. The largest absolute Gasteiger partial charge is 0.447 e. The number of pyridine rings is 1. The first-order valence-corrected chi connectivity index (χ1v) is 13.0. The zero-order valence-electron chi connectivity index (χ0n) is 20.4. The molecule has 0 radical (unpaired) electrons. The highest BCUT2D eigenvalue weighted by molar-refractivity contribution is 7.98. The van der Waals surface area contributed by atoms with E-state index in [9.17, 15) is 4.79 Å². The monoisotopic (exact) mass is 510 g/mol. The van der Waals surface area contributed by atoms with Crippen LogP contribution in [0.5, 0.6) is 0 Å². The Bertz CT molecular complexity index is 1470. The van der Waals surface area contributed by atoms with E-state index in [4.69, 9.17) is 4.42 Å². The van der Waals surface area contributed by atoms with Gasteiger partial charge in [-0.2, -0.15) is 0 Å². The summed E-state index contributed by atoms with van der Waals surface area (Å²) in [5, 5.41) is 12.6. The van der Waals surface area contributed by atoms with Crippen molar-refractivity contribution in [1.82, 2.24) is 30.0 Å². The number of carbonyl (C=O) groups is 1. The predicted molar refractivity (Wildman–Crippen MR) is 142 cm³/mol. The Morgan fingerprint density at radius 3 is 2.62 bits per heavy atom. The first kappa shape index (κ1) is 24.5. The molecule has 0 unspecified atom stereocenters. The number of para-hydroxylation sites is 1. The summed E-state index contributed by atoms with van der Waals surface area (Å²) in [5.41, 5.74) is 4.49. The normalized spacial score (nSPS) is 10.9. The van der Waals surface area contributed by atoms with E-state index in [-0.39, 0.29) is 11.6 Å². The topological polar surface area (TPSA) is 98.7 Å². The molecule has 0 fully saturated rings. The molecule has 0 saturated heterocycles. The first-order chi connectivity index (χ1) is 18.2. The van der Waals surface area contributed by atoms with E-state index in [1.807, 2.05) is 48.5 Å². The van der Waals surface area contributed by atoms with Gasteiger partial charge in [-0.05, 0) is 36.2 Å². The molecule has 3 heterocycles. The van der Waals surface area contributed by atoms with E-state index in [1.165, 1.54) is 18.0 Å². The molecule has 37 heavy (non-hydrogen) atoms. The molecule has 0 spiro atoms. The van der Waals surface area contributed by atoms with E-state index in [0.717, 1.165) is 33.5 Å². The Hall–Kier alpha value is -4.24. The van der Waals surface area contributed by atoms with Crippen molar-refractivity contribution in [3.05, 3.63) is 119 Å². The Balaban J connectivity index is 1.27. The summed E-state index contributed by atoms with van der Waals surface area (Å²) in [5.74, 6) is 1.44. The number of oxazole rings is 1. The second-order valence-corrected chi connectivity index (χ2v) is 9.37. The summed E-state index contributed by atoms with van der Waals surface area (Å²) in [6.07, 6.45) is 4.43. The van der Waals surface area contributed by atoms with Crippen molar-refractivity contribution >= 4 is 17.7 Å². The highest BCUT2D eigenvalue weighted by Gasteiger charge is 2.18. The van der Waals surface area contributed by atoms with Gasteiger partial charge in [0.1, 0.15) is 12.1 Å². The molecule has 0 bridgehead atoms. The van der Waals surface area contributed by atoms with Crippen molar-refractivity contribution in [3.63, 3.8) is 0 Å². The van der Waals surface area contributed by atoms with Crippen LogP contribution in [0.1, 0.15) is 39.0 Å². The third-order valence-electron chi connectivity index (χ3n) is 5.76. The van der Waals surface area contributed by atoms with Gasteiger partial charge in [0, 0.05) is 31.3 Å². The van der Waals surface area contributed by atoms with Crippen LogP contribution in [-0.4, -0.2) is 37.2 Å². The van der Waals surface area contributed by atoms with Crippen LogP contribution >= 0.6 is 11.8 Å². The maximum absolute atomic E-state index is 12.5. The summed E-state index contributed by atoms with van der Waals surface area (Å²) in [6.45, 7) is 2.54. The molecule has 1 N–H and O–H groups in total. The second-order valence-electron chi connectivity index (χ2n) is 8.43. The second kappa shape index (κ2) is 11.7. The van der Waals surface area contributed by atoms with E-state index in [0.29, 0.717) is 31.0 Å². The van der Waals surface area contributed by atoms with Gasteiger partial charge in [0.25, 0.3) is 5.91 Å². The summed E-state index contributed by atoms with van der Waals surface area (Å²) >= 11 is 1.47. The van der Waals surface area contributed by atoms with Gasteiger partial charge in [-0.1, -0.05) is 66.4 Å². The van der Waals surface area contributed by atoms with Crippen LogP contribution < -0.4 is 5.32 Å². The molecule has 5 rings (SSSR count). The highest BCUT2D eigenvalue weighted by atomic mass is 32.2. The average Bonchev–Trinajstić information content (AvgIpc) is 3.56. The number of thioether (sulfide) groups is 1. The molecule has 5 aromatic rings. The van der Waals surface area contributed by atoms with Gasteiger partial charge in [0.15, 0.2) is 10.9 Å². The number of hydrogen-bond acceptors (Lipinski definition) is 7. The van der Waals surface area contributed by atoms with Crippen molar-refractivity contribution in [2.75, 3.05) is 6.54 Å². The number of nitrogens with one attached hydrogen (secondary N) is 1. The van der Waals surface area contributed by atoms with Crippen molar-refractivity contribution in [1.29, 1.82) is 0 Å². The Labute approximate surface area is 219 Å². The number of hydrogen-bond donors (Lipinski definition) is 1. The van der Waals surface area contributed by atoms with Gasteiger partial charge < -0.3 is 9.73 Å². The Morgan fingerprint density at radius 1 is 1.00 bits per heavy atom. The number of aryl methyl sites for hydroxylation is 1. The summed E-state index contributed by atoms with van der Waals surface area (Å²) in [4.78, 5) is 21.1. The van der Waals surface area contributed by atoms with Gasteiger partial charge in [-0.15, -0.1) is 10.2 Å². The zero-order chi connectivity index (χ0) is 25.5. The summed E-state index contributed by atoms with van der Waals surface area (Å²) in [7, 11) is 0. The Kier molecular flexibility index (Phi) is 7.71. The maximum Gasteiger partial charge on any atom is 0.273 e. The molecular formula is C28H26N6O2S. The van der Waals surface area contributed by atoms with E-state index in [1.54, 1.807) is 6.20 Å². The van der Waals surface area contributed by atoms with Crippen LogP contribution in [0.15, 0.2) is 94.8 Å². The van der Waals surface area contributed by atoms with Crippen molar-refractivity contribution in [3.8, 4) is 5.69 Å². The van der Waals surface area contributed by atoms with Crippen molar-refractivity contribution in [2.45, 2.75) is 30.7 Å². The lowest BCUT2D eigenvalue weighted by Gasteiger charge is -2.12. The van der Waals surface area contributed by atoms with Gasteiger partial charge in [-0.3, -0.25) is 14.3 Å². The number of aromatic nitrogens is 5. The SMILES string of the molecule is Cc1ccccc1-n1c(Cc2ccccc2)nnc1SCc1nc(C(=O)NCCc2ccccn2)co1. The van der Waals surface area contributed by atoms with Crippen LogP contribution in [0.2, 0.25) is 0 Å². The minimum absolute atomic E-state index is 0.252. The molecule has 9 heteroatoms. The van der Waals surface area contributed by atoms with Crippen LogP contribution in [0.25, 0.3) is 5.69 Å². The number of rotatable bonds is 10. The van der Waals surface area contributed by atoms with Gasteiger partial charge in [0.2, 0.25) is 5.89 Å². The van der Waals surface area contributed by atoms with Crippen LogP contribution in [-0.2, 0) is 18.6 Å². The molecular weight excluding hydrogens is 484 g/mol. The van der Waals surface area contributed by atoms with E-state index in [2.05, 4.69) is 61.2 Å². The van der Waals surface area contributed by atoms with Crippen LogP contribution in [0, 0.1) is 6.92 Å². The Morgan fingerprint density at radius 2 is 1.81 bits per heavy atom. The fourth-order valence-electron chi connectivity index (χ4n) is 3.89. The molecule has 3 aromatic heterocycles. The molecule has 0 aliphatic heterocycles. The summed E-state index contributed by atoms with van der Waals surface area (Å²) < 4.78 is 7.67. The number of carbonyl (C=O) groups excluding carboxylic acids is 1. The first-order valence-electron chi connectivity index (χ1n) is 12.0. The molecule has 0 aliphatic carbocycles. The smallest absolute Gasteiger partial charge is 0.273 e. The third-order valence-corrected chi connectivity index (χ3v) is 6.68. The van der Waals surface area contributed by atoms with E-state index >= 15 is 0 Å². The van der Waals surface area contributed by atoms with E-state index < -0.39 is 0 Å². The highest BCUT2D eigenvalue weighted by Crippen LogP contribution is 2.27. The van der Waals surface area contributed by atoms with Crippen LogP contribution in [0.3, 0.4) is 0 Å². The minimum atomic E-state index is -0.274. The lowest BCUT2D eigenvalue weighted by atomic mass is 10.1. The standard InChI is InChI=1S/C28H26N6O2S/c1-20-9-5-6-13-24(20)34-25(17-21-10-3-2-4-11-21)32-33-28(34)37-19-26-31-23(18-36-26)27(35)30-16-14-22-12-7-8-15-29-22/h2-13,15,18H,14,16-17,19H2,1H3,(H,30,35). The number of benzene rings is 2. The molecule has 1 amide bonds. The van der Waals surface area contributed by atoms with Crippen LogP contribution in [0.4, 0.5) is 0 Å². The molecule has 0 atom stereocenters. The molecule has 186 valence electrons. The lowest BCUT2D eigenvalue weighted by molar-refractivity contribution is 0.0949. The maximum atomic E-state index is 12.5. The number of amides is 1. The molecule has 8 nitrogen and oxygen atoms in total. The fourth-order valence-corrected chi connectivity index (χ4v) is 4.71. The molecule has 2 aromatic carbocycles. The molecule has 0 saturated carbocycles. The zero-order valence-corrected chi connectivity index (χ0v) is 21.2. The quantitative estimate of drug-likeness (QED) is 0.269.